The van der Waals surface area contributed by atoms with Gasteiger partial charge in [0, 0.05) is 11.7 Å². The van der Waals surface area contributed by atoms with Gasteiger partial charge in [0.15, 0.2) is 0 Å². The summed E-state index contributed by atoms with van der Waals surface area (Å²) in [6, 6.07) is 6.74. The molecule has 1 amide bonds. The third-order valence-corrected chi connectivity index (χ3v) is 4.58. The van der Waals surface area contributed by atoms with Gasteiger partial charge in [-0.3, -0.25) is 4.79 Å². The van der Waals surface area contributed by atoms with Gasteiger partial charge in [-0.05, 0) is 62.3 Å². The summed E-state index contributed by atoms with van der Waals surface area (Å²) < 4.78 is 0. The van der Waals surface area contributed by atoms with E-state index in [4.69, 9.17) is 0 Å². The second-order valence-electron chi connectivity index (χ2n) is 6.19. The van der Waals surface area contributed by atoms with Crippen molar-refractivity contribution in [3.63, 3.8) is 0 Å². The Morgan fingerprint density at radius 3 is 2.70 bits per heavy atom. The van der Waals surface area contributed by atoms with E-state index in [1.807, 2.05) is 6.92 Å². The number of aryl methyl sites for hydroxylation is 2. The van der Waals surface area contributed by atoms with Crippen molar-refractivity contribution in [2.45, 2.75) is 64.0 Å². The SMILES string of the molecule is CC(Nc1ccc2c(c1)CCC2)C(=O)NC1CCCC1. The van der Waals surface area contributed by atoms with Crippen molar-refractivity contribution in [2.24, 2.45) is 0 Å². The molecule has 0 heterocycles. The Labute approximate surface area is 121 Å². The van der Waals surface area contributed by atoms with Crippen molar-refractivity contribution < 1.29 is 4.79 Å². The largest absolute Gasteiger partial charge is 0.374 e. The number of carbonyl (C=O) groups is 1. The Morgan fingerprint density at radius 2 is 1.90 bits per heavy atom. The van der Waals surface area contributed by atoms with Crippen LogP contribution >= 0.6 is 0 Å². The van der Waals surface area contributed by atoms with E-state index in [-0.39, 0.29) is 11.9 Å². The minimum Gasteiger partial charge on any atom is -0.374 e. The molecule has 108 valence electrons. The number of fused-ring (bicyclic) bond motifs is 1. The summed E-state index contributed by atoms with van der Waals surface area (Å²) >= 11 is 0. The second kappa shape index (κ2) is 5.86. The third kappa shape index (κ3) is 2.97. The Morgan fingerprint density at radius 1 is 1.15 bits per heavy atom. The molecule has 0 radical (unpaired) electrons. The molecule has 3 rings (SSSR count). The normalized spacial score (nSPS) is 19.6. The van der Waals surface area contributed by atoms with Crippen molar-refractivity contribution in [1.82, 2.24) is 5.32 Å². The molecule has 20 heavy (non-hydrogen) atoms. The molecule has 2 aliphatic rings. The number of rotatable bonds is 4. The van der Waals surface area contributed by atoms with Crippen molar-refractivity contribution >= 4 is 11.6 Å². The fourth-order valence-corrected chi connectivity index (χ4v) is 3.37. The highest BCUT2D eigenvalue weighted by Crippen LogP contribution is 2.25. The number of anilines is 1. The van der Waals surface area contributed by atoms with Crippen molar-refractivity contribution in [2.75, 3.05) is 5.32 Å². The van der Waals surface area contributed by atoms with Crippen molar-refractivity contribution in [3.05, 3.63) is 29.3 Å². The maximum atomic E-state index is 12.2. The van der Waals surface area contributed by atoms with Crippen LogP contribution in [0.15, 0.2) is 18.2 Å². The number of hydrogen-bond acceptors (Lipinski definition) is 2. The molecule has 3 nitrogen and oxygen atoms in total. The molecular weight excluding hydrogens is 248 g/mol. The average molecular weight is 272 g/mol. The highest BCUT2D eigenvalue weighted by atomic mass is 16.2. The zero-order chi connectivity index (χ0) is 13.9. The van der Waals surface area contributed by atoms with E-state index in [2.05, 4.69) is 28.8 Å². The van der Waals surface area contributed by atoms with E-state index >= 15 is 0 Å². The van der Waals surface area contributed by atoms with Gasteiger partial charge in [0.2, 0.25) is 5.91 Å². The van der Waals surface area contributed by atoms with Gasteiger partial charge in [-0.15, -0.1) is 0 Å². The molecule has 1 aromatic rings. The van der Waals surface area contributed by atoms with Crippen LogP contribution in [0.3, 0.4) is 0 Å². The molecule has 0 spiro atoms. The lowest BCUT2D eigenvalue weighted by Crippen LogP contribution is -2.42. The maximum absolute atomic E-state index is 12.2. The predicted molar refractivity (Wildman–Crippen MR) is 82.0 cm³/mol. The van der Waals surface area contributed by atoms with E-state index in [1.165, 1.54) is 43.2 Å². The first kappa shape index (κ1) is 13.5. The lowest BCUT2D eigenvalue weighted by molar-refractivity contribution is -0.122. The van der Waals surface area contributed by atoms with Crippen LogP contribution in [0.5, 0.6) is 0 Å². The molecular formula is C17H24N2O. The lowest BCUT2D eigenvalue weighted by Gasteiger charge is -2.19. The van der Waals surface area contributed by atoms with Crippen LogP contribution in [0.25, 0.3) is 0 Å². The van der Waals surface area contributed by atoms with Gasteiger partial charge in [0.25, 0.3) is 0 Å². The highest BCUT2D eigenvalue weighted by Gasteiger charge is 2.20. The smallest absolute Gasteiger partial charge is 0.242 e. The molecule has 1 saturated carbocycles. The highest BCUT2D eigenvalue weighted by molar-refractivity contribution is 5.84. The first-order chi connectivity index (χ1) is 9.72. The van der Waals surface area contributed by atoms with E-state index in [9.17, 15) is 4.79 Å². The van der Waals surface area contributed by atoms with Gasteiger partial charge < -0.3 is 10.6 Å². The molecule has 1 atom stereocenters. The predicted octanol–water partition coefficient (Wildman–Crippen LogP) is 3.03. The molecule has 3 heteroatoms. The Balaban J connectivity index is 1.57. The van der Waals surface area contributed by atoms with E-state index < -0.39 is 0 Å². The summed E-state index contributed by atoms with van der Waals surface area (Å²) in [5, 5.41) is 6.48. The molecule has 1 fully saturated rings. The summed E-state index contributed by atoms with van der Waals surface area (Å²) in [5.74, 6) is 0.123. The summed E-state index contributed by atoms with van der Waals surface area (Å²) in [6.07, 6.45) is 8.40. The first-order valence-electron chi connectivity index (χ1n) is 7.91. The lowest BCUT2D eigenvalue weighted by atomic mass is 10.1. The number of benzene rings is 1. The molecule has 0 aromatic heterocycles. The third-order valence-electron chi connectivity index (χ3n) is 4.58. The molecule has 2 N–H and O–H groups in total. The minimum atomic E-state index is -0.171. The molecule has 1 unspecified atom stereocenters. The zero-order valence-electron chi connectivity index (χ0n) is 12.2. The summed E-state index contributed by atoms with van der Waals surface area (Å²) in [6.45, 7) is 1.94. The van der Waals surface area contributed by atoms with E-state index in [1.54, 1.807) is 0 Å². The number of hydrogen-bond donors (Lipinski definition) is 2. The van der Waals surface area contributed by atoms with Gasteiger partial charge in [0.1, 0.15) is 6.04 Å². The number of carbonyl (C=O) groups excluding carboxylic acids is 1. The summed E-state index contributed by atoms with van der Waals surface area (Å²) in [4.78, 5) is 12.2. The standard InChI is InChI=1S/C17H24N2O/c1-12(17(20)19-15-7-2-3-8-15)18-16-10-9-13-5-4-6-14(13)11-16/h9-12,15,18H,2-8H2,1H3,(H,19,20). The quantitative estimate of drug-likeness (QED) is 0.884. The van der Waals surface area contributed by atoms with Crippen LogP contribution in [0, 0.1) is 0 Å². The fraction of sp³-hybridized carbons (Fsp3) is 0.588. The summed E-state index contributed by atoms with van der Waals surface area (Å²) in [5.41, 5.74) is 3.98. The average Bonchev–Trinajstić information content (AvgIpc) is 3.08. The van der Waals surface area contributed by atoms with Crippen molar-refractivity contribution in [1.29, 1.82) is 0 Å². The molecule has 0 saturated heterocycles. The van der Waals surface area contributed by atoms with Crippen LogP contribution in [-0.4, -0.2) is 18.0 Å². The van der Waals surface area contributed by atoms with Gasteiger partial charge in [-0.2, -0.15) is 0 Å². The van der Waals surface area contributed by atoms with Gasteiger partial charge in [0.05, 0.1) is 0 Å². The zero-order valence-corrected chi connectivity index (χ0v) is 12.2. The van der Waals surface area contributed by atoms with E-state index in [0.29, 0.717) is 6.04 Å². The number of amides is 1. The molecule has 0 aliphatic heterocycles. The molecule has 2 aliphatic carbocycles. The monoisotopic (exact) mass is 272 g/mol. The molecule has 1 aromatic carbocycles. The van der Waals surface area contributed by atoms with Crippen LogP contribution < -0.4 is 10.6 Å². The fourth-order valence-electron chi connectivity index (χ4n) is 3.37. The van der Waals surface area contributed by atoms with Crippen LogP contribution in [0.2, 0.25) is 0 Å². The van der Waals surface area contributed by atoms with Crippen molar-refractivity contribution in [3.8, 4) is 0 Å². The van der Waals surface area contributed by atoms with Gasteiger partial charge in [-0.25, -0.2) is 0 Å². The number of nitrogens with one attached hydrogen (secondary N) is 2. The Kier molecular flexibility index (Phi) is 3.95. The second-order valence-corrected chi connectivity index (χ2v) is 6.19. The van der Waals surface area contributed by atoms with E-state index in [0.717, 1.165) is 18.5 Å². The maximum Gasteiger partial charge on any atom is 0.242 e. The Hall–Kier alpha value is -1.51. The van der Waals surface area contributed by atoms with Gasteiger partial charge >= 0.3 is 0 Å². The van der Waals surface area contributed by atoms with Crippen LogP contribution in [-0.2, 0) is 17.6 Å². The summed E-state index contributed by atoms with van der Waals surface area (Å²) in [7, 11) is 0. The van der Waals surface area contributed by atoms with Gasteiger partial charge in [-0.1, -0.05) is 18.9 Å². The molecule has 0 bridgehead atoms. The van der Waals surface area contributed by atoms with Crippen LogP contribution in [0.1, 0.15) is 50.2 Å². The minimum absolute atomic E-state index is 0.123. The topological polar surface area (TPSA) is 41.1 Å². The van der Waals surface area contributed by atoms with Crippen LogP contribution in [0.4, 0.5) is 5.69 Å². The Bertz CT molecular complexity index is 492. The first-order valence-corrected chi connectivity index (χ1v) is 7.91.